The van der Waals surface area contributed by atoms with Crippen LogP contribution in [0, 0.1) is 13.8 Å². The molecule has 5 nitrogen and oxygen atoms in total. The minimum atomic E-state index is -0.178. The van der Waals surface area contributed by atoms with E-state index in [4.69, 9.17) is 0 Å². The summed E-state index contributed by atoms with van der Waals surface area (Å²) in [5, 5.41) is 10.2. The number of nitrogens with one attached hydrogen (secondary N) is 1. The molecule has 0 spiro atoms. The Kier molecular flexibility index (Phi) is 6.26. The van der Waals surface area contributed by atoms with Crippen molar-refractivity contribution in [2.75, 3.05) is 13.2 Å². The van der Waals surface area contributed by atoms with Crippen molar-refractivity contribution in [2.45, 2.75) is 33.2 Å². The number of carbonyl (C=O) groups excluding carboxylic acids is 1. The summed E-state index contributed by atoms with van der Waals surface area (Å²) < 4.78 is 0. The summed E-state index contributed by atoms with van der Waals surface area (Å²) in [4.78, 5) is 30.1. The quantitative estimate of drug-likeness (QED) is 0.663. The lowest BCUT2D eigenvalue weighted by Crippen LogP contribution is -2.35. The predicted octanol–water partition coefficient (Wildman–Crippen LogP) is 3.10. The van der Waals surface area contributed by atoms with E-state index in [1.807, 2.05) is 62.4 Å². The molecule has 0 radical (unpaired) electrons. The fraction of sp³-hybridized carbons (Fsp3) is 0.304. The van der Waals surface area contributed by atoms with Crippen LogP contribution in [0.2, 0.25) is 0 Å². The number of aliphatic hydroxyl groups is 1. The molecular formula is C23H26N2O3. The molecule has 0 aliphatic heterocycles. The van der Waals surface area contributed by atoms with Crippen molar-refractivity contribution in [2.24, 2.45) is 0 Å². The molecule has 0 bridgehead atoms. The molecule has 1 amide bonds. The van der Waals surface area contributed by atoms with Crippen LogP contribution in [0.1, 0.15) is 28.7 Å². The number of H-pyrrole nitrogens is 1. The third-order valence-electron chi connectivity index (χ3n) is 5.13. The van der Waals surface area contributed by atoms with Crippen LogP contribution in [0.5, 0.6) is 0 Å². The highest BCUT2D eigenvalue weighted by atomic mass is 16.3. The Morgan fingerprint density at radius 2 is 1.86 bits per heavy atom. The zero-order valence-corrected chi connectivity index (χ0v) is 16.4. The first-order valence-corrected chi connectivity index (χ1v) is 9.54. The Balaban J connectivity index is 1.88. The second-order valence-electron chi connectivity index (χ2n) is 7.15. The van der Waals surface area contributed by atoms with Crippen LogP contribution in [0.3, 0.4) is 0 Å². The van der Waals surface area contributed by atoms with Crippen molar-refractivity contribution < 1.29 is 9.90 Å². The summed E-state index contributed by atoms with van der Waals surface area (Å²) in [7, 11) is 0. The Morgan fingerprint density at radius 3 is 2.57 bits per heavy atom. The molecule has 2 aromatic carbocycles. The van der Waals surface area contributed by atoms with Gasteiger partial charge in [0.05, 0.1) is 18.5 Å². The second kappa shape index (κ2) is 8.85. The SMILES string of the molecule is Cc1ccc2cc(CN(CCCO)C(=O)Cc3ccccc3)c(=O)[nH]c2c1C. The zero-order chi connectivity index (χ0) is 20.1. The zero-order valence-electron chi connectivity index (χ0n) is 16.4. The summed E-state index contributed by atoms with van der Waals surface area (Å²) in [5.74, 6) is -0.0563. The lowest BCUT2D eigenvalue weighted by molar-refractivity contribution is -0.131. The first kappa shape index (κ1) is 19.8. The number of rotatable bonds is 7. The molecular weight excluding hydrogens is 352 g/mol. The molecule has 0 fully saturated rings. The van der Waals surface area contributed by atoms with E-state index in [0.717, 1.165) is 27.6 Å². The number of amides is 1. The van der Waals surface area contributed by atoms with Crippen LogP contribution in [-0.4, -0.2) is 34.0 Å². The maximum absolute atomic E-state index is 12.8. The highest BCUT2D eigenvalue weighted by molar-refractivity contribution is 5.83. The number of aromatic amines is 1. The van der Waals surface area contributed by atoms with Crippen LogP contribution in [-0.2, 0) is 17.8 Å². The monoisotopic (exact) mass is 378 g/mol. The number of hydrogen-bond acceptors (Lipinski definition) is 3. The van der Waals surface area contributed by atoms with Crippen LogP contribution in [0.25, 0.3) is 10.9 Å². The van der Waals surface area contributed by atoms with Crippen molar-refractivity contribution in [1.82, 2.24) is 9.88 Å². The molecule has 3 aromatic rings. The van der Waals surface area contributed by atoms with Gasteiger partial charge in [0.25, 0.3) is 5.56 Å². The van der Waals surface area contributed by atoms with Gasteiger partial charge in [0.2, 0.25) is 5.91 Å². The van der Waals surface area contributed by atoms with E-state index >= 15 is 0 Å². The summed E-state index contributed by atoms with van der Waals surface area (Å²) in [6.45, 7) is 4.64. The maximum Gasteiger partial charge on any atom is 0.253 e. The van der Waals surface area contributed by atoms with E-state index in [0.29, 0.717) is 18.5 Å². The summed E-state index contributed by atoms with van der Waals surface area (Å²) in [5.41, 5.74) is 4.32. The van der Waals surface area contributed by atoms with Crippen LogP contribution in [0.4, 0.5) is 0 Å². The normalized spacial score (nSPS) is 11.0. The van der Waals surface area contributed by atoms with Crippen molar-refractivity contribution >= 4 is 16.8 Å². The Hall–Kier alpha value is -2.92. The van der Waals surface area contributed by atoms with E-state index in [-0.39, 0.29) is 31.0 Å². The van der Waals surface area contributed by atoms with Gasteiger partial charge in [0.1, 0.15) is 0 Å². The van der Waals surface area contributed by atoms with E-state index in [2.05, 4.69) is 4.98 Å². The van der Waals surface area contributed by atoms with E-state index < -0.39 is 0 Å². The average Bonchev–Trinajstić information content (AvgIpc) is 2.69. The number of carbonyl (C=O) groups is 1. The molecule has 0 aliphatic carbocycles. The van der Waals surface area contributed by atoms with Gasteiger partial charge in [-0.05, 0) is 48.4 Å². The molecule has 0 unspecified atom stereocenters. The molecule has 0 saturated heterocycles. The van der Waals surface area contributed by atoms with E-state index in [1.54, 1.807) is 4.90 Å². The number of pyridine rings is 1. The fourth-order valence-electron chi connectivity index (χ4n) is 3.33. The van der Waals surface area contributed by atoms with E-state index in [9.17, 15) is 14.7 Å². The number of fused-ring (bicyclic) bond motifs is 1. The Labute approximate surface area is 164 Å². The Morgan fingerprint density at radius 1 is 1.11 bits per heavy atom. The summed E-state index contributed by atoms with van der Waals surface area (Å²) in [6.07, 6.45) is 0.750. The lowest BCUT2D eigenvalue weighted by Gasteiger charge is -2.22. The second-order valence-corrected chi connectivity index (χ2v) is 7.15. The van der Waals surface area contributed by atoms with Gasteiger partial charge in [-0.1, -0.05) is 42.5 Å². The molecule has 28 heavy (non-hydrogen) atoms. The van der Waals surface area contributed by atoms with Gasteiger partial charge >= 0.3 is 0 Å². The lowest BCUT2D eigenvalue weighted by atomic mass is 10.0. The maximum atomic E-state index is 12.8. The van der Waals surface area contributed by atoms with Gasteiger partial charge in [-0.15, -0.1) is 0 Å². The highest BCUT2D eigenvalue weighted by Gasteiger charge is 2.17. The molecule has 0 aliphatic rings. The summed E-state index contributed by atoms with van der Waals surface area (Å²) >= 11 is 0. The minimum Gasteiger partial charge on any atom is -0.396 e. The number of benzene rings is 2. The molecule has 5 heteroatoms. The topological polar surface area (TPSA) is 73.4 Å². The average molecular weight is 378 g/mol. The smallest absolute Gasteiger partial charge is 0.253 e. The van der Waals surface area contributed by atoms with Crippen LogP contribution < -0.4 is 5.56 Å². The van der Waals surface area contributed by atoms with Crippen molar-refractivity contribution in [3.8, 4) is 0 Å². The third-order valence-corrected chi connectivity index (χ3v) is 5.13. The molecule has 0 atom stereocenters. The van der Waals surface area contributed by atoms with Crippen molar-refractivity contribution in [1.29, 1.82) is 0 Å². The number of nitrogens with zero attached hydrogens (tertiary/aromatic N) is 1. The van der Waals surface area contributed by atoms with Crippen LogP contribution in [0.15, 0.2) is 53.3 Å². The Bertz CT molecular complexity index is 1030. The first-order valence-electron chi connectivity index (χ1n) is 9.54. The highest BCUT2D eigenvalue weighted by Crippen LogP contribution is 2.19. The van der Waals surface area contributed by atoms with Gasteiger partial charge in [-0.2, -0.15) is 0 Å². The molecule has 0 saturated carbocycles. The van der Waals surface area contributed by atoms with Gasteiger partial charge in [-0.25, -0.2) is 0 Å². The largest absolute Gasteiger partial charge is 0.396 e. The molecule has 146 valence electrons. The number of hydrogen-bond donors (Lipinski definition) is 2. The van der Waals surface area contributed by atoms with Gasteiger partial charge in [0.15, 0.2) is 0 Å². The standard InChI is InChI=1S/C23H26N2O3/c1-16-9-10-19-14-20(23(28)24-22(19)17(16)2)15-25(11-6-12-26)21(27)13-18-7-4-3-5-8-18/h3-5,7-10,14,26H,6,11-13,15H2,1-2H3,(H,24,28). The molecule has 3 rings (SSSR count). The molecule has 2 N–H and O–H groups in total. The van der Waals surface area contributed by atoms with Gasteiger partial charge in [0, 0.05) is 18.7 Å². The summed E-state index contributed by atoms with van der Waals surface area (Å²) in [6, 6.07) is 15.4. The van der Waals surface area contributed by atoms with Gasteiger partial charge < -0.3 is 15.0 Å². The number of aryl methyl sites for hydroxylation is 2. The predicted molar refractivity (Wildman–Crippen MR) is 111 cm³/mol. The van der Waals surface area contributed by atoms with Gasteiger partial charge in [-0.3, -0.25) is 9.59 Å². The van der Waals surface area contributed by atoms with Crippen molar-refractivity contribution in [3.05, 3.63) is 81.1 Å². The third kappa shape index (κ3) is 4.49. The van der Waals surface area contributed by atoms with Crippen molar-refractivity contribution in [3.63, 3.8) is 0 Å². The molecule has 1 heterocycles. The van der Waals surface area contributed by atoms with Crippen LogP contribution >= 0.6 is 0 Å². The fourth-order valence-corrected chi connectivity index (χ4v) is 3.33. The first-order chi connectivity index (χ1) is 13.5. The minimum absolute atomic E-state index is 0.00165. The number of aromatic nitrogens is 1. The number of aliphatic hydroxyl groups excluding tert-OH is 1. The molecule has 1 aromatic heterocycles. The van der Waals surface area contributed by atoms with E-state index in [1.165, 1.54) is 0 Å².